The minimum absolute atomic E-state index is 0.122. The van der Waals surface area contributed by atoms with Crippen LogP contribution < -0.4 is 4.90 Å². The number of aromatic nitrogens is 2. The molecule has 0 saturated carbocycles. The number of esters is 1. The highest BCUT2D eigenvalue weighted by atomic mass is 32.1. The fourth-order valence-corrected chi connectivity index (χ4v) is 2.52. The van der Waals surface area contributed by atoms with Crippen LogP contribution in [-0.4, -0.2) is 35.5 Å². The summed E-state index contributed by atoms with van der Waals surface area (Å²) in [5.41, 5.74) is 1.46. The number of hydrogen-bond donors (Lipinski definition) is 0. The number of carbonyl (C=O) groups excluding carboxylic acids is 2. The van der Waals surface area contributed by atoms with Gasteiger partial charge in [-0.1, -0.05) is 6.07 Å². The van der Waals surface area contributed by atoms with E-state index >= 15 is 0 Å². The van der Waals surface area contributed by atoms with Crippen LogP contribution in [0.3, 0.4) is 0 Å². The number of methoxy groups -OCH3 is 1. The topological polar surface area (TPSA) is 72.4 Å². The predicted molar refractivity (Wildman–Crippen MR) is 83.9 cm³/mol. The molecule has 2 aromatic heterocycles. The van der Waals surface area contributed by atoms with Crippen LogP contribution in [-0.2, 0) is 20.7 Å². The Morgan fingerprint density at radius 2 is 2.05 bits per heavy atom. The van der Waals surface area contributed by atoms with Crippen LogP contribution in [0.1, 0.15) is 16.4 Å². The number of hydrogen-bond acceptors (Lipinski definition) is 6. The minimum Gasteiger partial charge on any atom is -0.468 e. The molecule has 6 nitrogen and oxygen atoms in total. The molecule has 2 aromatic rings. The van der Waals surface area contributed by atoms with E-state index in [-0.39, 0.29) is 18.9 Å². The van der Waals surface area contributed by atoms with Crippen LogP contribution in [0.5, 0.6) is 0 Å². The second-order valence-electron chi connectivity index (χ2n) is 4.73. The Labute approximate surface area is 132 Å². The van der Waals surface area contributed by atoms with Gasteiger partial charge in [-0.05, 0) is 26.0 Å². The van der Waals surface area contributed by atoms with Crippen molar-refractivity contribution < 1.29 is 14.3 Å². The first-order chi connectivity index (χ1) is 10.5. The van der Waals surface area contributed by atoms with Gasteiger partial charge in [0.15, 0.2) is 0 Å². The zero-order valence-corrected chi connectivity index (χ0v) is 13.5. The highest BCUT2D eigenvalue weighted by Gasteiger charge is 2.21. The average molecular weight is 319 g/mol. The molecule has 0 N–H and O–H groups in total. The molecule has 0 aliphatic carbocycles. The van der Waals surface area contributed by atoms with E-state index in [2.05, 4.69) is 14.7 Å². The summed E-state index contributed by atoms with van der Waals surface area (Å²) in [5, 5.41) is 2.74. The summed E-state index contributed by atoms with van der Waals surface area (Å²) < 4.78 is 4.66. The van der Waals surface area contributed by atoms with Gasteiger partial charge < -0.3 is 4.74 Å². The molecule has 0 radical (unpaired) electrons. The summed E-state index contributed by atoms with van der Waals surface area (Å²) in [4.78, 5) is 34.0. The van der Waals surface area contributed by atoms with Crippen molar-refractivity contribution >= 4 is 29.0 Å². The SMILES string of the molecule is COC(=O)CN(C(=O)Cc1csc(C)n1)c1cccc(C)n1. The number of aryl methyl sites for hydroxylation is 2. The molecule has 7 heteroatoms. The molecule has 2 rings (SSSR count). The molecule has 1 amide bonds. The quantitative estimate of drug-likeness (QED) is 0.787. The average Bonchev–Trinajstić information content (AvgIpc) is 2.89. The molecule has 0 fully saturated rings. The fourth-order valence-electron chi connectivity index (χ4n) is 1.91. The van der Waals surface area contributed by atoms with E-state index in [4.69, 9.17) is 0 Å². The second kappa shape index (κ2) is 7.13. The zero-order valence-electron chi connectivity index (χ0n) is 12.7. The van der Waals surface area contributed by atoms with Crippen molar-refractivity contribution in [1.29, 1.82) is 0 Å². The van der Waals surface area contributed by atoms with Gasteiger partial charge in [-0.3, -0.25) is 14.5 Å². The van der Waals surface area contributed by atoms with Gasteiger partial charge >= 0.3 is 5.97 Å². The molecule has 2 heterocycles. The van der Waals surface area contributed by atoms with Crippen molar-refractivity contribution in [2.75, 3.05) is 18.6 Å². The molecule has 0 spiro atoms. The second-order valence-corrected chi connectivity index (χ2v) is 5.79. The molecule has 116 valence electrons. The van der Waals surface area contributed by atoms with Gasteiger partial charge in [-0.15, -0.1) is 11.3 Å². The monoisotopic (exact) mass is 319 g/mol. The summed E-state index contributed by atoms with van der Waals surface area (Å²) >= 11 is 1.49. The van der Waals surface area contributed by atoms with E-state index in [0.29, 0.717) is 11.5 Å². The Morgan fingerprint density at radius 3 is 2.64 bits per heavy atom. The van der Waals surface area contributed by atoms with E-state index in [1.807, 2.05) is 25.3 Å². The molecule has 0 aliphatic rings. The van der Waals surface area contributed by atoms with E-state index in [1.165, 1.54) is 23.3 Å². The third-order valence-corrected chi connectivity index (χ3v) is 3.79. The molecule has 0 unspecified atom stereocenters. The first kappa shape index (κ1) is 16.1. The Bertz CT molecular complexity index is 684. The highest BCUT2D eigenvalue weighted by molar-refractivity contribution is 7.09. The van der Waals surface area contributed by atoms with Crippen molar-refractivity contribution in [1.82, 2.24) is 9.97 Å². The highest BCUT2D eigenvalue weighted by Crippen LogP contribution is 2.15. The Morgan fingerprint density at radius 1 is 1.27 bits per heavy atom. The standard InChI is InChI=1S/C15H17N3O3S/c1-10-5-4-6-13(16-10)18(8-15(20)21-3)14(19)7-12-9-22-11(2)17-12/h4-6,9H,7-8H2,1-3H3. The van der Waals surface area contributed by atoms with Crippen LogP contribution in [0.15, 0.2) is 23.6 Å². The minimum atomic E-state index is -0.494. The van der Waals surface area contributed by atoms with Crippen LogP contribution in [0.4, 0.5) is 5.82 Å². The third kappa shape index (κ3) is 4.11. The molecule has 0 saturated heterocycles. The lowest BCUT2D eigenvalue weighted by molar-refractivity contribution is -0.140. The van der Waals surface area contributed by atoms with Crippen molar-refractivity contribution in [3.63, 3.8) is 0 Å². The van der Waals surface area contributed by atoms with E-state index in [0.717, 1.165) is 10.7 Å². The number of nitrogens with zero attached hydrogens (tertiary/aromatic N) is 3. The number of rotatable bonds is 5. The molecular formula is C15H17N3O3S. The van der Waals surface area contributed by atoms with E-state index in [9.17, 15) is 9.59 Å². The molecular weight excluding hydrogens is 302 g/mol. The maximum Gasteiger partial charge on any atom is 0.325 e. The molecule has 0 atom stereocenters. The number of carbonyl (C=O) groups is 2. The first-order valence-corrected chi connectivity index (χ1v) is 7.59. The van der Waals surface area contributed by atoms with Crippen LogP contribution in [0.25, 0.3) is 0 Å². The lowest BCUT2D eigenvalue weighted by Crippen LogP contribution is -2.38. The third-order valence-electron chi connectivity index (χ3n) is 2.97. The summed E-state index contributed by atoms with van der Waals surface area (Å²) in [6.45, 7) is 3.54. The number of anilines is 1. The Kier molecular flexibility index (Phi) is 5.21. The smallest absolute Gasteiger partial charge is 0.325 e. The van der Waals surface area contributed by atoms with Gasteiger partial charge in [0, 0.05) is 11.1 Å². The summed E-state index contributed by atoms with van der Waals surface area (Å²) in [7, 11) is 1.29. The molecule has 0 aliphatic heterocycles. The van der Waals surface area contributed by atoms with Gasteiger partial charge in [0.1, 0.15) is 12.4 Å². The van der Waals surface area contributed by atoms with Gasteiger partial charge in [0.05, 0.1) is 24.2 Å². The first-order valence-electron chi connectivity index (χ1n) is 6.71. The van der Waals surface area contributed by atoms with E-state index < -0.39 is 5.97 Å². The van der Waals surface area contributed by atoms with Gasteiger partial charge in [0.25, 0.3) is 0 Å². The normalized spacial score (nSPS) is 10.3. The summed E-state index contributed by atoms with van der Waals surface area (Å²) in [6, 6.07) is 5.32. The van der Waals surface area contributed by atoms with Gasteiger partial charge in [-0.2, -0.15) is 0 Å². The fraction of sp³-hybridized carbons (Fsp3) is 0.333. The zero-order chi connectivity index (χ0) is 16.1. The number of amides is 1. The predicted octanol–water partition coefficient (Wildman–Crippen LogP) is 1.90. The molecule has 0 aromatic carbocycles. The molecule has 0 bridgehead atoms. The van der Waals surface area contributed by atoms with Crippen molar-refractivity contribution in [2.24, 2.45) is 0 Å². The summed E-state index contributed by atoms with van der Waals surface area (Å²) in [6.07, 6.45) is 0.122. The number of thiazole rings is 1. The van der Waals surface area contributed by atoms with E-state index in [1.54, 1.807) is 12.1 Å². The van der Waals surface area contributed by atoms with Gasteiger partial charge in [-0.25, -0.2) is 9.97 Å². The van der Waals surface area contributed by atoms with Crippen molar-refractivity contribution in [3.05, 3.63) is 40.0 Å². The Hall–Kier alpha value is -2.28. The maximum atomic E-state index is 12.5. The molecule has 22 heavy (non-hydrogen) atoms. The van der Waals surface area contributed by atoms with Crippen molar-refractivity contribution in [3.8, 4) is 0 Å². The van der Waals surface area contributed by atoms with Crippen molar-refractivity contribution in [2.45, 2.75) is 20.3 Å². The lowest BCUT2D eigenvalue weighted by atomic mass is 10.2. The van der Waals surface area contributed by atoms with Crippen LogP contribution >= 0.6 is 11.3 Å². The largest absolute Gasteiger partial charge is 0.468 e. The van der Waals surface area contributed by atoms with Crippen LogP contribution in [0, 0.1) is 13.8 Å². The van der Waals surface area contributed by atoms with Crippen LogP contribution in [0.2, 0.25) is 0 Å². The number of ether oxygens (including phenoxy) is 1. The summed E-state index contributed by atoms with van der Waals surface area (Å²) in [5.74, 6) is -0.303. The maximum absolute atomic E-state index is 12.5. The van der Waals surface area contributed by atoms with Gasteiger partial charge in [0.2, 0.25) is 5.91 Å². The number of pyridine rings is 1. The Balaban J connectivity index is 2.23. The lowest BCUT2D eigenvalue weighted by Gasteiger charge is -2.20.